The molecule has 0 amide bonds. The van der Waals surface area contributed by atoms with Crippen molar-refractivity contribution in [2.45, 2.75) is 6.54 Å². The predicted molar refractivity (Wildman–Crippen MR) is 45.8 cm³/mol. The van der Waals surface area contributed by atoms with Gasteiger partial charge in [0, 0.05) is 7.11 Å². The Hall–Kier alpha value is -1.76. The fourth-order valence-corrected chi connectivity index (χ4v) is 0.939. The molecular weight excluding hydrogens is 190 g/mol. The van der Waals surface area contributed by atoms with E-state index in [1.54, 1.807) is 0 Å². The van der Waals surface area contributed by atoms with Gasteiger partial charge in [0.2, 0.25) is 6.33 Å². The summed E-state index contributed by atoms with van der Waals surface area (Å²) in [6.07, 6.45) is 2.44. The molecule has 0 fully saturated rings. The van der Waals surface area contributed by atoms with Gasteiger partial charge in [-0.2, -0.15) is 0 Å². The lowest BCUT2D eigenvalue weighted by Gasteiger charge is -1.97. The van der Waals surface area contributed by atoms with Crippen molar-refractivity contribution in [3.05, 3.63) is 22.6 Å². The fraction of sp³-hybridized carbons (Fsp3) is 0.429. The summed E-state index contributed by atoms with van der Waals surface area (Å²) in [7, 11) is 1.41. The fourth-order valence-electron chi connectivity index (χ4n) is 0.939. The van der Waals surface area contributed by atoms with Crippen LogP contribution in [-0.2, 0) is 16.1 Å². The van der Waals surface area contributed by atoms with E-state index in [4.69, 9.17) is 0 Å². The molecule has 0 radical (unpaired) electrons. The van der Waals surface area contributed by atoms with Crippen LogP contribution in [-0.4, -0.2) is 34.0 Å². The second-order valence-electron chi connectivity index (χ2n) is 2.63. The Kier molecular flexibility index (Phi) is 3.29. The third-order valence-electron chi connectivity index (χ3n) is 1.47. The smallest absolute Gasteiger partial charge is 0.377 e. The standard InChI is InChI=1S/C7H9N3O4/c1-14-4-6(11)2-9-3-7(8-5-9)10(12)13/h3,5H,2,4H2,1H3. The molecule has 1 rings (SSSR count). The molecular formula is C7H9N3O4. The van der Waals surface area contributed by atoms with Crippen LogP contribution >= 0.6 is 0 Å². The van der Waals surface area contributed by atoms with Crippen LogP contribution in [0, 0.1) is 10.1 Å². The van der Waals surface area contributed by atoms with Crippen molar-refractivity contribution < 1.29 is 14.5 Å². The highest BCUT2D eigenvalue weighted by Crippen LogP contribution is 2.05. The van der Waals surface area contributed by atoms with Crippen LogP contribution in [0.5, 0.6) is 0 Å². The Bertz CT molecular complexity index is 346. The van der Waals surface area contributed by atoms with E-state index in [1.165, 1.54) is 24.2 Å². The molecule has 0 aliphatic heterocycles. The number of hydrogen-bond acceptors (Lipinski definition) is 5. The lowest BCUT2D eigenvalue weighted by atomic mass is 10.4. The van der Waals surface area contributed by atoms with Crippen LogP contribution < -0.4 is 0 Å². The van der Waals surface area contributed by atoms with Crippen molar-refractivity contribution in [1.82, 2.24) is 9.55 Å². The summed E-state index contributed by atoms with van der Waals surface area (Å²) in [5.74, 6) is -0.435. The quantitative estimate of drug-likeness (QED) is 0.492. The minimum Gasteiger partial charge on any atom is -0.377 e. The molecule has 7 nitrogen and oxygen atoms in total. The number of carbonyl (C=O) groups excluding carboxylic acids is 1. The van der Waals surface area contributed by atoms with Gasteiger partial charge < -0.3 is 19.4 Å². The van der Waals surface area contributed by atoms with Crippen molar-refractivity contribution in [3.63, 3.8) is 0 Å². The van der Waals surface area contributed by atoms with Crippen molar-refractivity contribution in [3.8, 4) is 0 Å². The highest BCUT2D eigenvalue weighted by molar-refractivity contribution is 5.79. The summed E-state index contributed by atoms with van der Waals surface area (Å²) in [5.41, 5.74) is 0. The Balaban J connectivity index is 2.59. The van der Waals surface area contributed by atoms with E-state index in [1.807, 2.05) is 0 Å². The summed E-state index contributed by atoms with van der Waals surface area (Å²) in [6, 6.07) is 0. The first-order valence-corrected chi connectivity index (χ1v) is 3.80. The highest BCUT2D eigenvalue weighted by atomic mass is 16.6. The summed E-state index contributed by atoms with van der Waals surface area (Å²) in [6.45, 7) is 0.0284. The number of nitrogens with zero attached hydrogens (tertiary/aromatic N) is 3. The van der Waals surface area contributed by atoms with Gasteiger partial charge in [-0.15, -0.1) is 0 Å². The Morgan fingerprint density at radius 2 is 2.50 bits per heavy atom. The van der Waals surface area contributed by atoms with E-state index in [0.29, 0.717) is 0 Å². The monoisotopic (exact) mass is 199 g/mol. The van der Waals surface area contributed by atoms with Crippen molar-refractivity contribution in [2.24, 2.45) is 0 Å². The van der Waals surface area contributed by atoms with Gasteiger partial charge in [0.1, 0.15) is 12.8 Å². The number of hydrogen-bond donors (Lipinski definition) is 0. The van der Waals surface area contributed by atoms with Gasteiger partial charge >= 0.3 is 5.82 Å². The number of ether oxygens (including phenoxy) is 1. The molecule has 0 bridgehead atoms. The Morgan fingerprint density at radius 1 is 1.79 bits per heavy atom. The van der Waals surface area contributed by atoms with Crippen LogP contribution in [0.2, 0.25) is 0 Å². The number of rotatable bonds is 5. The molecule has 0 aromatic carbocycles. The largest absolute Gasteiger partial charge is 0.381 e. The van der Waals surface area contributed by atoms with Crippen LogP contribution in [0.4, 0.5) is 5.82 Å². The van der Waals surface area contributed by atoms with E-state index in [9.17, 15) is 14.9 Å². The lowest BCUT2D eigenvalue weighted by Crippen LogP contribution is -2.13. The normalized spacial score (nSPS) is 10.1. The summed E-state index contributed by atoms with van der Waals surface area (Å²) in [5, 5.41) is 10.2. The maximum absolute atomic E-state index is 11.0. The van der Waals surface area contributed by atoms with E-state index < -0.39 is 4.92 Å². The molecule has 0 atom stereocenters. The molecule has 1 aromatic rings. The molecule has 0 saturated heterocycles. The average molecular weight is 199 g/mol. The average Bonchev–Trinajstić information content (AvgIpc) is 2.53. The highest BCUT2D eigenvalue weighted by Gasteiger charge is 2.11. The first kappa shape index (κ1) is 10.3. The molecule has 0 spiro atoms. The molecule has 1 heterocycles. The molecule has 0 aliphatic carbocycles. The third-order valence-corrected chi connectivity index (χ3v) is 1.47. The number of nitro groups is 1. The Labute approximate surface area is 79.5 Å². The molecule has 14 heavy (non-hydrogen) atoms. The van der Waals surface area contributed by atoms with Gasteiger partial charge in [-0.05, 0) is 9.91 Å². The molecule has 76 valence electrons. The third kappa shape index (κ3) is 2.63. The van der Waals surface area contributed by atoms with Crippen LogP contribution in [0.25, 0.3) is 0 Å². The minimum absolute atomic E-state index is 0.00796. The summed E-state index contributed by atoms with van der Waals surface area (Å²) in [4.78, 5) is 24.2. The summed E-state index contributed by atoms with van der Waals surface area (Å²) < 4.78 is 5.96. The van der Waals surface area contributed by atoms with Crippen molar-refractivity contribution in [2.75, 3.05) is 13.7 Å². The summed E-state index contributed by atoms with van der Waals surface area (Å²) >= 11 is 0. The number of ketones is 1. The molecule has 0 saturated carbocycles. The van der Waals surface area contributed by atoms with Gasteiger partial charge in [-0.25, -0.2) is 0 Å². The number of aromatic nitrogens is 2. The van der Waals surface area contributed by atoms with E-state index in [2.05, 4.69) is 9.72 Å². The molecule has 0 N–H and O–H groups in total. The van der Waals surface area contributed by atoms with Gasteiger partial charge in [-0.1, -0.05) is 0 Å². The van der Waals surface area contributed by atoms with E-state index >= 15 is 0 Å². The zero-order valence-electron chi connectivity index (χ0n) is 7.54. The van der Waals surface area contributed by atoms with Crippen LogP contribution in [0.1, 0.15) is 0 Å². The Morgan fingerprint density at radius 3 is 3.00 bits per heavy atom. The zero-order chi connectivity index (χ0) is 10.6. The van der Waals surface area contributed by atoms with Gasteiger partial charge in [0.15, 0.2) is 5.78 Å². The maximum atomic E-state index is 11.0. The van der Waals surface area contributed by atoms with Crippen molar-refractivity contribution >= 4 is 11.6 Å². The second-order valence-corrected chi connectivity index (χ2v) is 2.63. The lowest BCUT2D eigenvalue weighted by molar-refractivity contribution is -0.389. The topological polar surface area (TPSA) is 87.3 Å². The van der Waals surface area contributed by atoms with Gasteiger partial charge in [0.25, 0.3) is 0 Å². The molecule has 1 aromatic heterocycles. The molecule has 0 unspecified atom stereocenters. The van der Waals surface area contributed by atoms with Crippen LogP contribution in [0.3, 0.4) is 0 Å². The second kappa shape index (κ2) is 4.47. The zero-order valence-corrected chi connectivity index (χ0v) is 7.54. The number of methoxy groups -OCH3 is 1. The number of imidazole rings is 1. The minimum atomic E-state index is -0.614. The molecule has 7 heteroatoms. The van der Waals surface area contributed by atoms with E-state index in [-0.39, 0.29) is 24.8 Å². The van der Waals surface area contributed by atoms with E-state index in [0.717, 1.165) is 0 Å². The van der Waals surface area contributed by atoms with Crippen molar-refractivity contribution in [1.29, 1.82) is 0 Å². The first-order valence-electron chi connectivity index (χ1n) is 3.80. The number of carbonyl (C=O) groups is 1. The van der Waals surface area contributed by atoms with Gasteiger partial charge in [0.05, 0.1) is 6.54 Å². The van der Waals surface area contributed by atoms with Gasteiger partial charge in [-0.3, -0.25) is 4.79 Å². The first-order chi connectivity index (χ1) is 6.63. The number of Topliss-reactive ketones (excluding diaryl/α,β-unsaturated/α-hetero) is 1. The van der Waals surface area contributed by atoms with Crippen LogP contribution in [0.15, 0.2) is 12.5 Å². The molecule has 0 aliphatic rings. The predicted octanol–water partition coefficient (Wildman–Crippen LogP) is 0.00680. The SMILES string of the molecule is COCC(=O)Cn1cnc([N+](=O)[O-])c1. The maximum Gasteiger partial charge on any atom is 0.381 e.